The molecular weight excluding hydrogens is 802 g/mol. The van der Waals surface area contributed by atoms with E-state index in [2.05, 4.69) is 13.8 Å². The van der Waals surface area contributed by atoms with Crippen molar-refractivity contribution in [3.63, 3.8) is 0 Å². The Morgan fingerprint density at radius 2 is 0.742 bits per heavy atom. The summed E-state index contributed by atoms with van der Waals surface area (Å²) >= 11 is 0. The van der Waals surface area contributed by atoms with Crippen molar-refractivity contribution in [1.82, 2.24) is 0 Å². The van der Waals surface area contributed by atoms with Crippen molar-refractivity contribution >= 4 is 19.8 Å². The second kappa shape index (κ2) is 47.9. The summed E-state index contributed by atoms with van der Waals surface area (Å²) in [5.74, 6) is -1.76. The molecule has 0 aliphatic rings. The smallest absolute Gasteiger partial charge is 0.472 e. The molecule has 0 aliphatic heterocycles. The fraction of sp³-hybridized carbons (Fsp3) is 0.961. The zero-order valence-electron chi connectivity index (χ0n) is 40.8. The van der Waals surface area contributed by atoms with Crippen molar-refractivity contribution in [2.75, 3.05) is 26.4 Å². The summed E-state index contributed by atoms with van der Waals surface area (Å²) < 4.78 is 33.6. The van der Waals surface area contributed by atoms with Gasteiger partial charge in [-0.15, -0.1) is 0 Å². The number of rotatable bonds is 52. The quantitative estimate of drug-likeness (QED) is 0.0305. The summed E-state index contributed by atoms with van der Waals surface area (Å²) in [7, 11) is -4.61. The van der Waals surface area contributed by atoms with E-state index in [1.165, 1.54) is 218 Å². The molecule has 0 spiro atoms. The average Bonchev–Trinajstić information content (AvgIpc) is 3.25. The number of aliphatic carboxylic acids is 1. The molecule has 0 aromatic carbocycles. The molecule has 62 heavy (non-hydrogen) atoms. The zero-order chi connectivity index (χ0) is 45.5. The highest BCUT2D eigenvalue weighted by Crippen LogP contribution is 2.43. The van der Waals surface area contributed by atoms with E-state index in [1.54, 1.807) is 0 Å². The van der Waals surface area contributed by atoms with Crippen molar-refractivity contribution in [2.45, 2.75) is 289 Å². The molecule has 370 valence electrons. The molecule has 0 aromatic heterocycles. The Morgan fingerprint density at radius 3 is 1.06 bits per heavy atom. The number of carboxylic acid groups (broad SMARTS) is 1. The van der Waals surface area contributed by atoms with E-state index in [-0.39, 0.29) is 13.0 Å². The van der Waals surface area contributed by atoms with Crippen molar-refractivity contribution in [1.29, 1.82) is 0 Å². The predicted octanol–water partition coefficient (Wildman–Crippen LogP) is 15.5. The number of phosphoric acid groups is 1. The standard InChI is InChI=1S/C51H102NO9P/c1-3-5-7-9-11-13-15-17-19-21-23-24-26-28-30-32-34-36-38-40-42-44-58-45-48(46-59-62(56,57)60-47-49(52)51(54)55)61-50(53)43-41-39-37-35-33-31-29-27-25-22-20-18-16-14-12-10-8-6-4-2/h48-49H,3-47,52H2,1-2H3,(H,54,55)(H,56,57). The van der Waals surface area contributed by atoms with E-state index in [9.17, 15) is 19.0 Å². The van der Waals surface area contributed by atoms with Gasteiger partial charge in [-0.1, -0.05) is 258 Å². The maximum Gasteiger partial charge on any atom is 0.472 e. The molecule has 0 amide bonds. The topological polar surface area (TPSA) is 155 Å². The number of esters is 1. The molecule has 4 N–H and O–H groups in total. The Morgan fingerprint density at radius 1 is 0.452 bits per heavy atom. The average molecular weight is 904 g/mol. The highest BCUT2D eigenvalue weighted by Gasteiger charge is 2.27. The van der Waals surface area contributed by atoms with Crippen LogP contribution < -0.4 is 5.73 Å². The van der Waals surface area contributed by atoms with Gasteiger partial charge >= 0.3 is 19.8 Å². The first-order valence-electron chi connectivity index (χ1n) is 26.6. The Kier molecular flexibility index (Phi) is 47.1. The first-order valence-corrected chi connectivity index (χ1v) is 28.1. The van der Waals surface area contributed by atoms with Gasteiger partial charge in [0, 0.05) is 13.0 Å². The lowest BCUT2D eigenvalue weighted by atomic mass is 10.0. The predicted molar refractivity (Wildman–Crippen MR) is 259 cm³/mol. The number of ether oxygens (including phenoxy) is 2. The fourth-order valence-electron chi connectivity index (χ4n) is 8.02. The molecule has 0 radical (unpaired) electrons. The molecule has 0 aliphatic carbocycles. The molecule has 0 heterocycles. The van der Waals surface area contributed by atoms with E-state index in [1.807, 2.05) is 0 Å². The maximum absolute atomic E-state index is 12.7. The van der Waals surface area contributed by atoms with Crippen LogP contribution >= 0.6 is 7.82 Å². The van der Waals surface area contributed by atoms with Crippen LogP contribution in [0.1, 0.15) is 277 Å². The molecule has 10 nitrogen and oxygen atoms in total. The lowest BCUT2D eigenvalue weighted by molar-refractivity contribution is -0.154. The molecule has 0 saturated heterocycles. The number of hydrogen-bond acceptors (Lipinski definition) is 8. The minimum Gasteiger partial charge on any atom is -0.480 e. The summed E-state index contributed by atoms with van der Waals surface area (Å²) in [4.78, 5) is 33.7. The zero-order valence-corrected chi connectivity index (χ0v) is 41.6. The molecule has 0 aromatic rings. The Hall–Kier alpha value is -1.03. The van der Waals surface area contributed by atoms with E-state index in [0.717, 1.165) is 38.5 Å². The minimum absolute atomic E-state index is 0.0266. The van der Waals surface area contributed by atoms with Crippen molar-refractivity contribution < 1.29 is 42.7 Å². The van der Waals surface area contributed by atoms with E-state index in [0.29, 0.717) is 6.61 Å². The number of carbonyl (C=O) groups is 2. The first-order chi connectivity index (χ1) is 30.2. The maximum atomic E-state index is 12.7. The summed E-state index contributed by atoms with van der Waals surface area (Å²) in [5.41, 5.74) is 5.38. The van der Waals surface area contributed by atoms with Gasteiger partial charge in [0.25, 0.3) is 0 Å². The van der Waals surface area contributed by atoms with E-state index in [4.69, 9.17) is 29.4 Å². The molecular formula is C51H102NO9P. The van der Waals surface area contributed by atoms with Crippen LogP contribution in [0, 0.1) is 0 Å². The van der Waals surface area contributed by atoms with Crippen LogP contribution in [0.3, 0.4) is 0 Å². The second-order valence-electron chi connectivity index (χ2n) is 18.4. The van der Waals surface area contributed by atoms with Crippen LogP contribution in [-0.2, 0) is 32.7 Å². The van der Waals surface area contributed by atoms with Crippen LogP contribution in [0.25, 0.3) is 0 Å². The van der Waals surface area contributed by atoms with Gasteiger partial charge in [-0.2, -0.15) is 0 Å². The number of carboxylic acids is 1. The molecule has 0 fully saturated rings. The van der Waals surface area contributed by atoms with Crippen LogP contribution in [0.4, 0.5) is 0 Å². The lowest BCUT2D eigenvalue weighted by Crippen LogP contribution is -2.34. The van der Waals surface area contributed by atoms with Crippen LogP contribution in [-0.4, -0.2) is 60.5 Å². The summed E-state index contributed by atoms with van der Waals surface area (Å²) in [6, 6.07) is -1.47. The third-order valence-electron chi connectivity index (χ3n) is 12.1. The Balaban J connectivity index is 4.06. The molecule has 3 unspecified atom stereocenters. The summed E-state index contributed by atoms with van der Waals surface area (Å²) in [5, 5.41) is 8.93. The summed E-state index contributed by atoms with van der Waals surface area (Å²) in [6.45, 7) is 3.97. The second-order valence-corrected chi connectivity index (χ2v) is 19.8. The van der Waals surface area contributed by atoms with Gasteiger partial charge in [-0.3, -0.25) is 18.6 Å². The minimum atomic E-state index is -4.61. The number of phosphoric ester groups is 1. The Labute approximate surface area is 382 Å². The molecule has 11 heteroatoms. The van der Waals surface area contributed by atoms with Crippen LogP contribution in [0.2, 0.25) is 0 Å². The third kappa shape index (κ3) is 46.9. The van der Waals surface area contributed by atoms with Crippen LogP contribution in [0.5, 0.6) is 0 Å². The van der Waals surface area contributed by atoms with Crippen molar-refractivity contribution in [2.24, 2.45) is 5.73 Å². The van der Waals surface area contributed by atoms with Gasteiger partial charge < -0.3 is 25.2 Å². The molecule has 0 bridgehead atoms. The molecule has 0 saturated carbocycles. The normalized spacial score (nSPS) is 13.6. The number of carbonyl (C=O) groups excluding carboxylic acids is 1. The van der Waals surface area contributed by atoms with Crippen molar-refractivity contribution in [3.05, 3.63) is 0 Å². The van der Waals surface area contributed by atoms with Gasteiger partial charge in [0.05, 0.1) is 19.8 Å². The van der Waals surface area contributed by atoms with Gasteiger partial charge in [-0.05, 0) is 12.8 Å². The number of hydrogen-bond donors (Lipinski definition) is 3. The van der Waals surface area contributed by atoms with Gasteiger partial charge in [0.2, 0.25) is 0 Å². The SMILES string of the molecule is CCCCCCCCCCCCCCCCCCCCCCCOCC(COP(=O)(O)OCC(N)C(=O)O)OC(=O)CCCCCCCCCCCCCCCCCCCCC. The van der Waals surface area contributed by atoms with E-state index >= 15 is 0 Å². The third-order valence-corrected chi connectivity index (χ3v) is 13.1. The largest absolute Gasteiger partial charge is 0.480 e. The highest BCUT2D eigenvalue weighted by molar-refractivity contribution is 7.47. The first kappa shape index (κ1) is 61.0. The van der Waals surface area contributed by atoms with Crippen LogP contribution in [0.15, 0.2) is 0 Å². The van der Waals surface area contributed by atoms with Gasteiger partial charge in [-0.25, -0.2) is 4.57 Å². The fourth-order valence-corrected chi connectivity index (χ4v) is 8.80. The number of nitrogens with two attached hydrogens (primary N) is 1. The summed E-state index contributed by atoms with van der Waals surface area (Å²) in [6.07, 6.45) is 51.6. The lowest BCUT2D eigenvalue weighted by Gasteiger charge is -2.20. The van der Waals surface area contributed by atoms with Gasteiger partial charge in [0.15, 0.2) is 0 Å². The monoisotopic (exact) mass is 904 g/mol. The number of unbranched alkanes of at least 4 members (excludes halogenated alkanes) is 38. The highest BCUT2D eigenvalue weighted by atomic mass is 31.2. The Bertz CT molecular complexity index is 1000. The van der Waals surface area contributed by atoms with E-state index < -0.39 is 45.1 Å². The van der Waals surface area contributed by atoms with Crippen molar-refractivity contribution in [3.8, 4) is 0 Å². The molecule has 3 atom stereocenters. The molecule has 0 rings (SSSR count). The van der Waals surface area contributed by atoms with Gasteiger partial charge in [0.1, 0.15) is 12.1 Å².